The number of carbonyl (C=O) groups is 1. The molecule has 1 heterocycles. The van der Waals surface area contributed by atoms with Gasteiger partial charge >= 0.3 is 0 Å². The Bertz CT molecular complexity index is 683. The van der Waals surface area contributed by atoms with E-state index in [-0.39, 0.29) is 11.9 Å². The number of thioether (sulfide) groups is 1. The second kappa shape index (κ2) is 6.57. The van der Waals surface area contributed by atoms with Crippen molar-refractivity contribution in [3.8, 4) is 0 Å². The summed E-state index contributed by atoms with van der Waals surface area (Å²) in [6.45, 7) is 4.23. The van der Waals surface area contributed by atoms with Crippen molar-refractivity contribution in [1.29, 1.82) is 0 Å². The topological polar surface area (TPSA) is 20.3 Å². The van der Waals surface area contributed by atoms with E-state index in [9.17, 15) is 4.79 Å². The molecule has 2 aromatic rings. The molecule has 0 saturated carbocycles. The fraction of sp³-hybridized carbons (Fsp3) is 0.316. The fourth-order valence-electron chi connectivity index (χ4n) is 3.00. The number of carbonyl (C=O) groups excluding carboxylic acids is 1. The zero-order chi connectivity index (χ0) is 15.5. The van der Waals surface area contributed by atoms with E-state index in [2.05, 4.69) is 44.2 Å². The van der Waals surface area contributed by atoms with Crippen molar-refractivity contribution in [2.45, 2.75) is 37.6 Å². The van der Waals surface area contributed by atoms with E-state index in [1.165, 1.54) is 16.0 Å². The smallest absolute Gasteiger partial charge is 0.237 e. The molecular formula is C19H21NOS. The van der Waals surface area contributed by atoms with Crippen LogP contribution in [-0.2, 0) is 11.2 Å². The highest BCUT2D eigenvalue weighted by atomic mass is 32.2. The van der Waals surface area contributed by atoms with Crippen molar-refractivity contribution in [2.75, 3.05) is 10.7 Å². The quantitative estimate of drug-likeness (QED) is 0.780. The van der Waals surface area contributed by atoms with E-state index in [0.717, 1.165) is 18.5 Å². The molecular weight excluding hydrogens is 290 g/mol. The average molecular weight is 311 g/mol. The Labute approximate surface area is 136 Å². The summed E-state index contributed by atoms with van der Waals surface area (Å²) in [7, 11) is 0. The number of anilines is 1. The van der Waals surface area contributed by atoms with Crippen LogP contribution < -0.4 is 4.90 Å². The summed E-state index contributed by atoms with van der Waals surface area (Å²) in [5.74, 6) is 0.691. The zero-order valence-electron chi connectivity index (χ0n) is 13.1. The first-order chi connectivity index (χ1) is 10.7. The number of hydrogen-bond donors (Lipinski definition) is 0. The molecule has 0 saturated heterocycles. The van der Waals surface area contributed by atoms with Crippen LogP contribution in [0.4, 0.5) is 5.69 Å². The molecule has 0 N–H and O–H groups in total. The Morgan fingerprint density at radius 3 is 2.73 bits per heavy atom. The summed E-state index contributed by atoms with van der Waals surface area (Å²) < 4.78 is 0. The highest BCUT2D eigenvalue weighted by Gasteiger charge is 2.27. The summed E-state index contributed by atoms with van der Waals surface area (Å²) in [5, 5.41) is 0. The number of fused-ring (bicyclic) bond motifs is 1. The first-order valence-corrected chi connectivity index (χ1v) is 8.74. The van der Waals surface area contributed by atoms with Gasteiger partial charge in [0.05, 0.1) is 5.75 Å². The minimum Gasteiger partial charge on any atom is -0.309 e. The molecule has 1 aliphatic heterocycles. The Morgan fingerprint density at radius 1 is 1.18 bits per heavy atom. The Hall–Kier alpha value is -1.74. The summed E-state index contributed by atoms with van der Waals surface area (Å²) in [6, 6.07) is 16.8. The second-order valence-electron chi connectivity index (χ2n) is 5.83. The predicted octanol–water partition coefficient (Wildman–Crippen LogP) is 4.46. The van der Waals surface area contributed by atoms with Crippen LogP contribution >= 0.6 is 11.8 Å². The molecule has 0 radical (unpaired) electrons. The van der Waals surface area contributed by atoms with Crippen LogP contribution in [0.1, 0.15) is 24.5 Å². The largest absolute Gasteiger partial charge is 0.309 e. The number of rotatable bonds is 3. The lowest BCUT2D eigenvalue weighted by Gasteiger charge is -2.35. The van der Waals surface area contributed by atoms with Crippen molar-refractivity contribution in [3.63, 3.8) is 0 Å². The third-order valence-electron chi connectivity index (χ3n) is 4.24. The third-order valence-corrected chi connectivity index (χ3v) is 5.40. The molecule has 0 aromatic heterocycles. The van der Waals surface area contributed by atoms with Crippen molar-refractivity contribution < 1.29 is 4.79 Å². The van der Waals surface area contributed by atoms with Crippen LogP contribution in [0.5, 0.6) is 0 Å². The molecule has 1 amide bonds. The van der Waals surface area contributed by atoms with Crippen LogP contribution in [0.15, 0.2) is 53.4 Å². The molecule has 0 aliphatic carbocycles. The van der Waals surface area contributed by atoms with E-state index in [1.54, 1.807) is 11.8 Å². The zero-order valence-corrected chi connectivity index (χ0v) is 13.9. The van der Waals surface area contributed by atoms with Crippen molar-refractivity contribution >= 4 is 23.4 Å². The van der Waals surface area contributed by atoms with E-state index in [0.29, 0.717) is 5.75 Å². The summed E-state index contributed by atoms with van der Waals surface area (Å²) >= 11 is 1.63. The molecule has 1 aliphatic rings. The van der Waals surface area contributed by atoms with Crippen LogP contribution in [0.25, 0.3) is 0 Å². The lowest BCUT2D eigenvalue weighted by Crippen LogP contribution is -2.43. The highest BCUT2D eigenvalue weighted by molar-refractivity contribution is 8.00. The van der Waals surface area contributed by atoms with Crippen molar-refractivity contribution in [2.24, 2.45) is 0 Å². The van der Waals surface area contributed by atoms with Gasteiger partial charge in [-0.2, -0.15) is 0 Å². The van der Waals surface area contributed by atoms with Gasteiger partial charge in [-0.15, -0.1) is 11.8 Å². The van der Waals surface area contributed by atoms with Crippen LogP contribution in [0.2, 0.25) is 0 Å². The van der Waals surface area contributed by atoms with Crippen molar-refractivity contribution in [1.82, 2.24) is 0 Å². The van der Waals surface area contributed by atoms with Gasteiger partial charge in [-0.3, -0.25) is 4.79 Å². The second-order valence-corrected chi connectivity index (χ2v) is 6.85. The summed E-state index contributed by atoms with van der Waals surface area (Å²) in [5.41, 5.74) is 3.61. The summed E-state index contributed by atoms with van der Waals surface area (Å²) in [6.07, 6.45) is 2.10. The van der Waals surface area contributed by atoms with Gasteiger partial charge < -0.3 is 4.90 Å². The van der Waals surface area contributed by atoms with Gasteiger partial charge in [-0.05, 0) is 49.9 Å². The number of benzene rings is 2. The Morgan fingerprint density at radius 2 is 1.91 bits per heavy atom. The van der Waals surface area contributed by atoms with Gasteiger partial charge in [0.25, 0.3) is 0 Å². The van der Waals surface area contributed by atoms with E-state index in [4.69, 9.17) is 0 Å². The Balaban J connectivity index is 1.76. The van der Waals surface area contributed by atoms with E-state index >= 15 is 0 Å². The first kappa shape index (κ1) is 15.2. The van der Waals surface area contributed by atoms with Gasteiger partial charge in [-0.1, -0.05) is 36.4 Å². The van der Waals surface area contributed by atoms with Gasteiger partial charge in [0, 0.05) is 16.6 Å². The molecule has 2 nitrogen and oxygen atoms in total. The highest BCUT2D eigenvalue weighted by Crippen LogP contribution is 2.32. The monoisotopic (exact) mass is 311 g/mol. The number of amides is 1. The molecule has 3 heteroatoms. The third kappa shape index (κ3) is 3.05. The van der Waals surface area contributed by atoms with E-state index < -0.39 is 0 Å². The molecule has 1 unspecified atom stereocenters. The number of hydrogen-bond acceptors (Lipinski definition) is 2. The van der Waals surface area contributed by atoms with Gasteiger partial charge in [-0.25, -0.2) is 0 Å². The van der Waals surface area contributed by atoms with Gasteiger partial charge in [0.1, 0.15) is 0 Å². The van der Waals surface area contributed by atoms with Crippen LogP contribution in [0, 0.1) is 6.92 Å². The van der Waals surface area contributed by atoms with Gasteiger partial charge in [0.2, 0.25) is 5.91 Å². The lowest BCUT2D eigenvalue weighted by molar-refractivity contribution is -0.116. The fourth-order valence-corrected chi connectivity index (χ4v) is 3.88. The van der Waals surface area contributed by atoms with Gasteiger partial charge in [0.15, 0.2) is 0 Å². The molecule has 114 valence electrons. The molecule has 0 fully saturated rings. The minimum atomic E-state index is 0.202. The SMILES string of the molecule is Cc1ccccc1SCC(=O)N1c2ccccc2CCC1C. The maximum absolute atomic E-state index is 12.8. The molecule has 3 rings (SSSR count). The molecule has 2 aromatic carbocycles. The van der Waals surface area contributed by atoms with Crippen LogP contribution in [0.3, 0.4) is 0 Å². The maximum Gasteiger partial charge on any atom is 0.237 e. The standard InChI is InChI=1S/C19H21NOS/c1-14-7-3-6-10-18(14)22-13-19(21)20-15(2)11-12-16-8-4-5-9-17(16)20/h3-10,15H,11-13H2,1-2H3. The number of aryl methyl sites for hydroxylation is 2. The lowest BCUT2D eigenvalue weighted by atomic mass is 9.97. The normalized spacial score (nSPS) is 17.2. The molecule has 0 bridgehead atoms. The van der Waals surface area contributed by atoms with E-state index in [1.807, 2.05) is 23.1 Å². The Kier molecular flexibility index (Phi) is 4.53. The van der Waals surface area contributed by atoms with Crippen molar-refractivity contribution in [3.05, 3.63) is 59.7 Å². The maximum atomic E-state index is 12.8. The average Bonchev–Trinajstić information content (AvgIpc) is 2.53. The van der Waals surface area contributed by atoms with Crippen LogP contribution in [-0.4, -0.2) is 17.7 Å². The molecule has 1 atom stereocenters. The number of nitrogens with zero attached hydrogens (tertiary/aromatic N) is 1. The molecule has 0 spiro atoms. The summed E-state index contributed by atoms with van der Waals surface area (Å²) in [4.78, 5) is 15.9. The minimum absolute atomic E-state index is 0.202. The molecule has 22 heavy (non-hydrogen) atoms. The predicted molar refractivity (Wildman–Crippen MR) is 93.6 cm³/mol. The number of para-hydroxylation sites is 1. The first-order valence-electron chi connectivity index (χ1n) is 7.75.